The van der Waals surface area contributed by atoms with Gasteiger partial charge in [-0.15, -0.1) is 0 Å². The van der Waals surface area contributed by atoms with Gasteiger partial charge in [-0.05, 0) is 19.3 Å². The van der Waals surface area contributed by atoms with E-state index in [9.17, 15) is 0 Å². The van der Waals surface area contributed by atoms with Crippen LogP contribution in [-0.4, -0.2) is 31.1 Å². The summed E-state index contributed by atoms with van der Waals surface area (Å²) in [5.74, 6) is 0.562. The molecule has 0 aliphatic carbocycles. The predicted molar refractivity (Wildman–Crippen MR) is 70.9 cm³/mol. The Hall–Kier alpha value is -1.33. The topological polar surface area (TPSA) is 67.2 Å². The van der Waals surface area contributed by atoms with Crippen molar-refractivity contribution in [3.05, 3.63) is 16.9 Å². The minimum absolute atomic E-state index is 0.0650. The van der Waals surface area contributed by atoms with Crippen LogP contribution in [0.5, 0.6) is 5.75 Å². The van der Waals surface area contributed by atoms with Crippen molar-refractivity contribution in [2.24, 2.45) is 0 Å². The van der Waals surface area contributed by atoms with Gasteiger partial charge < -0.3 is 20.2 Å². The Labute approximate surface area is 111 Å². The van der Waals surface area contributed by atoms with Crippen LogP contribution >= 0.6 is 11.6 Å². The second-order valence-electron chi connectivity index (χ2n) is 4.05. The van der Waals surface area contributed by atoms with Gasteiger partial charge in [-0.3, -0.25) is 0 Å². The van der Waals surface area contributed by atoms with Crippen LogP contribution < -0.4 is 10.1 Å². The summed E-state index contributed by atoms with van der Waals surface area (Å²) < 4.78 is 10.9. The molecule has 2 heterocycles. The summed E-state index contributed by atoms with van der Waals surface area (Å²) >= 11 is 5.98. The van der Waals surface area contributed by atoms with Gasteiger partial charge in [0.25, 0.3) is 0 Å². The van der Waals surface area contributed by atoms with Crippen molar-refractivity contribution in [2.75, 3.05) is 19.0 Å². The van der Waals surface area contributed by atoms with E-state index in [0.717, 1.165) is 25.9 Å². The molecule has 5 nitrogen and oxygen atoms in total. The normalized spacial score (nSPS) is 19.3. The van der Waals surface area contributed by atoms with Gasteiger partial charge in [-0.25, -0.2) is 4.98 Å². The molecular weight excluding hydrogens is 254 g/mol. The number of nitrogens with zero attached hydrogens (tertiary/aromatic N) is 1. The molecule has 0 radical (unpaired) electrons. The first-order valence-corrected chi connectivity index (χ1v) is 6.25. The highest BCUT2D eigenvalue weighted by Gasteiger charge is 2.19. The number of aromatic nitrogens is 1. The van der Waals surface area contributed by atoms with Gasteiger partial charge in [0, 0.05) is 12.8 Å². The summed E-state index contributed by atoms with van der Waals surface area (Å²) in [6.07, 6.45) is 5.79. The fraction of sp³-hybridized carbons (Fsp3) is 0.500. The Morgan fingerprint density at radius 2 is 2.44 bits per heavy atom. The lowest BCUT2D eigenvalue weighted by molar-refractivity contribution is 0.0342. The van der Waals surface area contributed by atoms with Crippen molar-refractivity contribution >= 4 is 23.5 Å². The van der Waals surface area contributed by atoms with Crippen LogP contribution in [0.3, 0.4) is 0 Å². The highest BCUT2D eigenvalue weighted by atomic mass is 35.5. The average molecular weight is 270 g/mol. The van der Waals surface area contributed by atoms with Crippen molar-refractivity contribution < 1.29 is 9.47 Å². The Morgan fingerprint density at radius 3 is 3.06 bits per heavy atom. The third kappa shape index (κ3) is 2.73. The number of hydrogen-bond acceptors (Lipinski definition) is 5. The van der Waals surface area contributed by atoms with Gasteiger partial charge in [0.15, 0.2) is 5.75 Å². The van der Waals surface area contributed by atoms with E-state index in [0.29, 0.717) is 17.0 Å². The van der Waals surface area contributed by atoms with Crippen LogP contribution in [0.25, 0.3) is 0 Å². The monoisotopic (exact) mass is 269 g/mol. The lowest BCUT2D eigenvalue weighted by atomic mass is 10.1. The zero-order valence-electron chi connectivity index (χ0n) is 10.2. The lowest BCUT2D eigenvalue weighted by Gasteiger charge is -2.26. The smallest absolute Gasteiger partial charge is 0.161 e. The molecular formula is C12H16ClN3O2. The second-order valence-corrected chi connectivity index (χ2v) is 4.41. The minimum atomic E-state index is -0.0650. The van der Waals surface area contributed by atoms with E-state index in [2.05, 4.69) is 10.3 Å². The molecule has 0 bridgehead atoms. The van der Waals surface area contributed by atoms with Crippen molar-refractivity contribution in [1.29, 1.82) is 5.41 Å². The fourth-order valence-electron chi connectivity index (χ4n) is 1.94. The zero-order valence-corrected chi connectivity index (χ0v) is 11.0. The van der Waals surface area contributed by atoms with Crippen LogP contribution in [0, 0.1) is 5.41 Å². The molecule has 1 aliphatic heterocycles. The van der Waals surface area contributed by atoms with Gasteiger partial charge in [-0.2, -0.15) is 0 Å². The molecule has 2 rings (SSSR count). The van der Waals surface area contributed by atoms with Crippen molar-refractivity contribution in [1.82, 2.24) is 4.98 Å². The maximum atomic E-state index is 7.43. The number of hydrogen-bond donors (Lipinski definition) is 2. The van der Waals surface area contributed by atoms with Gasteiger partial charge in [0.1, 0.15) is 11.4 Å². The van der Waals surface area contributed by atoms with Gasteiger partial charge in [0.05, 0.1) is 24.6 Å². The molecule has 0 spiro atoms. The number of methoxy groups -OCH3 is 1. The number of halogens is 1. The molecule has 1 saturated heterocycles. The first-order valence-electron chi connectivity index (χ1n) is 5.87. The quantitative estimate of drug-likeness (QED) is 0.651. The molecule has 6 heteroatoms. The van der Waals surface area contributed by atoms with Crippen LogP contribution in [0.15, 0.2) is 6.20 Å². The molecule has 1 aliphatic rings. The summed E-state index contributed by atoms with van der Waals surface area (Å²) in [6, 6.07) is 0. The molecule has 2 N–H and O–H groups in total. The maximum Gasteiger partial charge on any atom is 0.161 e. The molecule has 1 unspecified atom stereocenters. The maximum absolute atomic E-state index is 7.43. The SMILES string of the molecule is COc1cnc(Cl)c(C=N)c1NC1CCCCO1. The minimum Gasteiger partial charge on any atom is -0.493 e. The van der Waals surface area contributed by atoms with Crippen molar-refractivity contribution in [2.45, 2.75) is 25.5 Å². The summed E-state index contributed by atoms with van der Waals surface area (Å²) in [6.45, 7) is 0.749. The zero-order chi connectivity index (χ0) is 13.0. The van der Waals surface area contributed by atoms with Gasteiger partial charge in [-0.1, -0.05) is 11.6 Å². The molecule has 1 aromatic heterocycles. The van der Waals surface area contributed by atoms with E-state index in [-0.39, 0.29) is 11.4 Å². The van der Waals surface area contributed by atoms with Crippen LogP contribution in [0.4, 0.5) is 5.69 Å². The average Bonchev–Trinajstić information content (AvgIpc) is 2.40. The molecule has 1 aromatic rings. The molecule has 98 valence electrons. The molecule has 1 atom stereocenters. The third-order valence-electron chi connectivity index (χ3n) is 2.88. The van der Waals surface area contributed by atoms with Crippen molar-refractivity contribution in [3.63, 3.8) is 0 Å². The summed E-state index contributed by atoms with van der Waals surface area (Å²) in [7, 11) is 1.56. The van der Waals surface area contributed by atoms with Gasteiger partial charge >= 0.3 is 0 Å². The number of rotatable bonds is 4. The first-order chi connectivity index (χ1) is 8.76. The molecule has 0 amide bonds. The largest absolute Gasteiger partial charge is 0.493 e. The predicted octanol–water partition coefficient (Wildman–Crippen LogP) is 2.68. The fourth-order valence-corrected chi connectivity index (χ4v) is 2.13. The highest BCUT2D eigenvalue weighted by molar-refractivity contribution is 6.32. The first kappa shape index (κ1) is 13.1. The Morgan fingerprint density at radius 1 is 1.61 bits per heavy atom. The van der Waals surface area contributed by atoms with Crippen LogP contribution in [-0.2, 0) is 4.74 Å². The van der Waals surface area contributed by atoms with Crippen LogP contribution in [0.2, 0.25) is 5.15 Å². The Balaban J connectivity index is 2.28. The molecule has 0 aromatic carbocycles. The van der Waals surface area contributed by atoms with Crippen molar-refractivity contribution in [3.8, 4) is 5.75 Å². The van der Waals surface area contributed by atoms with Gasteiger partial charge in [0.2, 0.25) is 0 Å². The Bertz CT molecular complexity index is 434. The summed E-state index contributed by atoms with van der Waals surface area (Å²) in [5.41, 5.74) is 1.18. The van der Waals surface area contributed by atoms with E-state index in [1.807, 2.05) is 0 Å². The van der Waals surface area contributed by atoms with E-state index in [1.165, 1.54) is 6.21 Å². The Kier molecular flexibility index (Phi) is 4.38. The van der Waals surface area contributed by atoms with Crippen LogP contribution in [0.1, 0.15) is 24.8 Å². The van der Waals surface area contributed by atoms with E-state index in [1.54, 1.807) is 13.3 Å². The summed E-state index contributed by atoms with van der Waals surface area (Å²) in [5, 5.41) is 10.9. The van der Waals surface area contributed by atoms with E-state index in [4.69, 9.17) is 26.5 Å². The molecule has 18 heavy (non-hydrogen) atoms. The number of ether oxygens (including phenoxy) is 2. The highest BCUT2D eigenvalue weighted by Crippen LogP contribution is 2.32. The number of anilines is 1. The second kappa shape index (κ2) is 6.02. The standard InChI is InChI=1S/C12H16ClN3O2/c1-17-9-7-15-12(13)8(6-14)11(9)16-10-4-2-3-5-18-10/h6-7,10,14H,2-5H2,1H3,(H,15,16). The van der Waals surface area contributed by atoms with E-state index < -0.39 is 0 Å². The third-order valence-corrected chi connectivity index (χ3v) is 3.18. The number of pyridine rings is 1. The molecule has 0 saturated carbocycles. The van der Waals surface area contributed by atoms with E-state index >= 15 is 0 Å². The summed E-state index contributed by atoms with van der Waals surface area (Å²) in [4.78, 5) is 3.98. The lowest BCUT2D eigenvalue weighted by Crippen LogP contribution is -2.28. The molecule has 1 fully saturated rings. The number of nitrogens with one attached hydrogen (secondary N) is 2.